The Balaban J connectivity index is 1.43. The van der Waals surface area contributed by atoms with Crippen LogP contribution >= 0.6 is 0 Å². The number of fused-ring (bicyclic) bond motifs is 1. The van der Waals surface area contributed by atoms with E-state index in [1.807, 2.05) is 53.4 Å². The second kappa shape index (κ2) is 8.40. The molecule has 0 fully saturated rings. The lowest BCUT2D eigenvalue weighted by molar-refractivity contribution is -0.143. The van der Waals surface area contributed by atoms with Gasteiger partial charge in [-0.1, -0.05) is 60.7 Å². The van der Waals surface area contributed by atoms with Gasteiger partial charge in [-0.05, 0) is 17.5 Å². The van der Waals surface area contributed by atoms with Crippen molar-refractivity contribution in [3.63, 3.8) is 0 Å². The van der Waals surface area contributed by atoms with Gasteiger partial charge in [0.25, 0.3) is 5.91 Å². The summed E-state index contributed by atoms with van der Waals surface area (Å²) < 4.78 is 11.4. The van der Waals surface area contributed by atoms with E-state index < -0.39 is 6.10 Å². The number of ether oxygens (including phenoxy) is 1. The quantitative estimate of drug-likeness (QED) is 0.658. The third-order valence-corrected chi connectivity index (χ3v) is 5.12. The van der Waals surface area contributed by atoms with Gasteiger partial charge in [-0.3, -0.25) is 4.79 Å². The summed E-state index contributed by atoms with van der Waals surface area (Å²) in [5.74, 6) is 1.61. The first kappa shape index (κ1) is 18.4. The second-order valence-corrected chi connectivity index (χ2v) is 7.00. The van der Waals surface area contributed by atoms with Crippen LogP contribution < -0.4 is 0 Å². The highest BCUT2D eigenvalue weighted by molar-refractivity contribution is 5.82. The van der Waals surface area contributed by atoms with Crippen molar-refractivity contribution in [3.8, 4) is 0 Å². The molecule has 0 saturated carbocycles. The zero-order valence-electron chi connectivity index (χ0n) is 16.0. The van der Waals surface area contributed by atoms with E-state index in [1.54, 1.807) is 7.11 Å². The summed E-state index contributed by atoms with van der Waals surface area (Å²) in [6, 6.07) is 19.9. The first-order chi connectivity index (χ1) is 13.7. The van der Waals surface area contributed by atoms with Gasteiger partial charge in [-0.25, -0.2) is 4.98 Å². The van der Waals surface area contributed by atoms with Crippen molar-refractivity contribution in [2.45, 2.75) is 31.9 Å². The summed E-state index contributed by atoms with van der Waals surface area (Å²) in [6.07, 6.45) is 1.75. The highest BCUT2D eigenvalue weighted by Crippen LogP contribution is 2.25. The molecule has 1 aliphatic heterocycles. The Bertz CT molecular complexity index is 922. The number of rotatable bonds is 6. The Morgan fingerprint density at radius 3 is 2.54 bits per heavy atom. The molecule has 0 spiro atoms. The average Bonchev–Trinajstić information content (AvgIpc) is 3.16. The summed E-state index contributed by atoms with van der Waals surface area (Å²) in [5.41, 5.74) is 3.00. The number of oxazole rings is 1. The molecule has 1 aromatic heterocycles. The van der Waals surface area contributed by atoms with Crippen molar-refractivity contribution in [1.29, 1.82) is 0 Å². The molecule has 0 radical (unpaired) electrons. The molecular weight excluding hydrogens is 352 g/mol. The predicted molar refractivity (Wildman–Crippen MR) is 106 cm³/mol. The molecule has 0 N–H and O–H groups in total. The van der Waals surface area contributed by atoms with Crippen LogP contribution in [0.1, 0.15) is 34.6 Å². The van der Waals surface area contributed by atoms with Gasteiger partial charge >= 0.3 is 0 Å². The molecule has 2 aromatic carbocycles. The summed E-state index contributed by atoms with van der Waals surface area (Å²) >= 11 is 0. The highest BCUT2D eigenvalue weighted by atomic mass is 16.5. The minimum absolute atomic E-state index is 0.0341. The molecule has 0 saturated heterocycles. The largest absolute Gasteiger partial charge is 0.445 e. The normalized spacial score (nSPS) is 14.5. The zero-order chi connectivity index (χ0) is 19.3. The minimum Gasteiger partial charge on any atom is -0.445 e. The van der Waals surface area contributed by atoms with Gasteiger partial charge in [-0.2, -0.15) is 0 Å². The molecule has 0 bridgehead atoms. The lowest BCUT2D eigenvalue weighted by atomic mass is 10.1. The number of methoxy groups -OCH3 is 1. The lowest BCUT2D eigenvalue weighted by Gasteiger charge is -2.28. The number of hydrogen-bond acceptors (Lipinski definition) is 4. The van der Waals surface area contributed by atoms with Crippen LogP contribution in [0.15, 0.2) is 65.1 Å². The van der Waals surface area contributed by atoms with Crippen LogP contribution in [-0.2, 0) is 35.3 Å². The molecule has 28 heavy (non-hydrogen) atoms. The molecule has 2 heterocycles. The Kier molecular flexibility index (Phi) is 5.53. The third kappa shape index (κ3) is 3.99. The molecular formula is C23H24N2O3. The first-order valence-electron chi connectivity index (χ1n) is 9.62. The molecule has 5 heteroatoms. The van der Waals surface area contributed by atoms with E-state index in [1.165, 1.54) is 5.56 Å². The van der Waals surface area contributed by atoms with Crippen molar-refractivity contribution in [3.05, 3.63) is 89.1 Å². The number of hydrogen-bond donors (Lipinski definition) is 0. The van der Waals surface area contributed by atoms with E-state index in [2.05, 4.69) is 17.1 Å². The molecule has 1 atom stereocenters. The van der Waals surface area contributed by atoms with E-state index in [9.17, 15) is 4.79 Å². The van der Waals surface area contributed by atoms with Crippen molar-refractivity contribution in [1.82, 2.24) is 9.88 Å². The van der Waals surface area contributed by atoms with Crippen molar-refractivity contribution < 1.29 is 13.9 Å². The maximum atomic E-state index is 13.0. The third-order valence-electron chi connectivity index (χ3n) is 5.12. The molecule has 1 amide bonds. The number of carbonyl (C=O) groups excluding carboxylic acids is 1. The van der Waals surface area contributed by atoms with E-state index in [0.717, 1.165) is 35.7 Å². The van der Waals surface area contributed by atoms with Crippen molar-refractivity contribution in [2.24, 2.45) is 0 Å². The van der Waals surface area contributed by atoms with Crippen LogP contribution in [0.5, 0.6) is 0 Å². The number of aromatic nitrogens is 1. The number of benzene rings is 2. The highest BCUT2D eigenvalue weighted by Gasteiger charge is 2.30. The van der Waals surface area contributed by atoms with Gasteiger partial charge < -0.3 is 14.1 Å². The lowest BCUT2D eigenvalue weighted by Crippen LogP contribution is -2.39. The van der Waals surface area contributed by atoms with Gasteiger partial charge in [0.05, 0.1) is 6.54 Å². The molecule has 0 unspecified atom stereocenters. The molecule has 144 valence electrons. The molecule has 4 rings (SSSR count). The van der Waals surface area contributed by atoms with E-state index in [0.29, 0.717) is 19.5 Å². The molecule has 5 nitrogen and oxygen atoms in total. The summed E-state index contributed by atoms with van der Waals surface area (Å²) in [4.78, 5) is 19.5. The van der Waals surface area contributed by atoms with Gasteiger partial charge in [0.1, 0.15) is 11.5 Å². The standard InChI is InChI=1S/C23H24N2O3/c1-27-22(18-10-6-3-7-11-18)23(26)25-15-14-20-19(16-25)24-21(28-20)13-12-17-8-4-2-5-9-17/h2-11,22H,12-16H2,1H3/t22-/m1/s1. The van der Waals surface area contributed by atoms with Gasteiger partial charge in [0.2, 0.25) is 0 Å². The Labute approximate surface area is 165 Å². The number of carbonyl (C=O) groups is 1. The van der Waals surface area contributed by atoms with Crippen molar-refractivity contribution in [2.75, 3.05) is 13.7 Å². The monoisotopic (exact) mass is 376 g/mol. The topological polar surface area (TPSA) is 55.6 Å². The fraction of sp³-hybridized carbons (Fsp3) is 0.304. The van der Waals surface area contributed by atoms with E-state index in [-0.39, 0.29) is 5.91 Å². The zero-order valence-corrected chi connectivity index (χ0v) is 16.0. The van der Waals surface area contributed by atoms with Crippen LogP contribution in [0.25, 0.3) is 0 Å². The van der Waals surface area contributed by atoms with Gasteiger partial charge in [0, 0.05) is 26.5 Å². The smallest absolute Gasteiger partial charge is 0.256 e. The van der Waals surface area contributed by atoms with Crippen molar-refractivity contribution >= 4 is 5.91 Å². The van der Waals surface area contributed by atoms with Crippen LogP contribution in [0.2, 0.25) is 0 Å². The molecule has 1 aliphatic rings. The molecule has 3 aromatic rings. The number of nitrogens with zero attached hydrogens (tertiary/aromatic N) is 2. The maximum Gasteiger partial charge on any atom is 0.256 e. The summed E-state index contributed by atoms with van der Waals surface area (Å²) in [7, 11) is 1.57. The van der Waals surface area contributed by atoms with Gasteiger partial charge in [-0.15, -0.1) is 0 Å². The molecule has 0 aliphatic carbocycles. The van der Waals surface area contributed by atoms with Crippen LogP contribution in [0, 0.1) is 0 Å². The Morgan fingerprint density at radius 1 is 1.11 bits per heavy atom. The first-order valence-corrected chi connectivity index (χ1v) is 9.62. The van der Waals surface area contributed by atoms with Gasteiger partial charge in [0.15, 0.2) is 12.0 Å². The van der Waals surface area contributed by atoms with Crippen LogP contribution in [0.4, 0.5) is 0 Å². The van der Waals surface area contributed by atoms with E-state index in [4.69, 9.17) is 9.15 Å². The predicted octanol–water partition coefficient (Wildman–Crippen LogP) is 3.73. The average molecular weight is 376 g/mol. The van der Waals surface area contributed by atoms with E-state index >= 15 is 0 Å². The van der Waals surface area contributed by atoms with Crippen LogP contribution in [-0.4, -0.2) is 29.4 Å². The number of aryl methyl sites for hydroxylation is 2. The fourth-order valence-electron chi connectivity index (χ4n) is 3.62. The summed E-state index contributed by atoms with van der Waals surface area (Å²) in [6.45, 7) is 1.08. The fourth-order valence-corrected chi connectivity index (χ4v) is 3.62. The Morgan fingerprint density at radius 2 is 1.82 bits per heavy atom. The second-order valence-electron chi connectivity index (χ2n) is 7.00. The summed E-state index contributed by atoms with van der Waals surface area (Å²) in [5, 5.41) is 0. The number of amides is 1. The van der Waals surface area contributed by atoms with Crippen LogP contribution in [0.3, 0.4) is 0 Å². The SMILES string of the molecule is CO[C@@H](C(=O)N1CCc2oc(CCc3ccccc3)nc2C1)c1ccccc1. The maximum absolute atomic E-state index is 13.0. The Hall–Kier alpha value is -2.92. The minimum atomic E-state index is -0.591.